The maximum atomic E-state index is 12.6. The summed E-state index contributed by atoms with van der Waals surface area (Å²) in [5.41, 5.74) is 2.34. The lowest BCUT2D eigenvalue weighted by Crippen LogP contribution is -2.34. The molecule has 1 amide bonds. The molecule has 0 aliphatic carbocycles. The van der Waals surface area contributed by atoms with Crippen molar-refractivity contribution in [2.24, 2.45) is 0 Å². The van der Waals surface area contributed by atoms with Crippen LogP contribution in [-0.4, -0.2) is 41.6 Å². The fraction of sp³-hybridized carbons (Fsp3) is 0.100. The van der Waals surface area contributed by atoms with Gasteiger partial charge in [0.15, 0.2) is 4.96 Å². The number of sulfonamides is 1. The number of hydrogen-bond donors (Lipinski definition) is 1. The highest BCUT2D eigenvalue weighted by Crippen LogP contribution is 2.23. The predicted octanol–water partition coefficient (Wildman–Crippen LogP) is 3.98. The summed E-state index contributed by atoms with van der Waals surface area (Å²) in [6.45, 7) is -0.315. The zero-order valence-corrected chi connectivity index (χ0v) is 18.2. The van der Waals surface area contributed by atoms with Crippen molar-refractivity contribution in [2.45, 2.75) is 4.90 Å². The lowest BCUT2D eigenvalue weighted by Gasteiger charge is -2.17. The van der Waals surface area contributed by atoms with Crippen molar-refractivity contribution in [1.82, 2.24) is 13.7 Å². The van der Waals surface area contributed by atoms with E-state index in [0.717, 1.165) is 20.5 Å². The summed E-state index contributed by atoms with van der Waals surface area (Å²) < 4.78 is 28.1. The number of rotatable bonds is 6. The number of halogens is 1. The van der Waals surface area contributed by atoms with Crippen molar-refractivity contribution < 1.29 is 13.2 Å². The molecule has 30 heavy (non-hydrogen) atoms. The monoisotopic (exact) mass is 460 g/mol. The molecule has 0 fully saturated rings. The molecule has 0 aliphatic heterocycles. The van der Waals surface area contributed by atoms with Crippen LogP contribution in [0, 0.1) is 0 Å². The highest BCUT2D eigenvalue weighted by atomic mass is 35.5. The average molecular weight is 461 g/mol. The van der Waals surface area contributed by atoms with Gasteiger partial charge in [0.05, 0.1) is 17.1 Å². The Morgan fingerprint density at radius 1 is 1.17 bits per heavy atom. The molecule has 2 aromatic heterocycles. The van der Waals surface area contributed by atoms with Gasteiger partial charge in [-0.3, -0.25) is 9.20 Å². The molecule has 0 aliphatic rings. The van der Waals surface area contributed by atoms with Crippen LogP contribution in [0.3, 0.4) is 0 Å². The van der Waals surface area contributed by atoms with Crippen LogP contribution in [0.2, 0.25) is 5.02 Å². The number of hydrogen-bond acceptors (Lipinski definition) is 5. The molecule has 4 aromatic rings. The third kappa shape index (κ3) is 4.24. The molecule has 0 saturated heterocycles. The molecule has 0 bridgehead atoms. The van der Waals surface area contributed by atoms with E-state index in [9.17, 15) is 13.2 Å². The number of carbonyl (C=O) groups excluding carboxylic acids is 1. The number of fused-ring (bicyclic) bond motifs is 1. The number of likely N-dealkylation sites (N-methyl/N-ethyl adjacent to an activating group) is 1. The molecule has 10 heteroatoms. The summed E-state index contributed by atoms with van der Waals surface area (Å²) in [6.07, 6.45) is 3.88. The summed E-state index contributed by atoms with van der Waals surface area (Å²) >= 11 is 7.36. The van der Waals surface area contributed by atoms with E-state index in [0.29, 0.717) is 10.7 Å². The number of imidazole rings is 1. The topological polar surface area (TPSA) is 83.8 Å². The lowest BCUT2D eigenvalue weighted by molar-refractivity contribution is -0.116. The van der Waals surface area contributed by atoms with Crippen LogP contribution in [0.5, 0.6) is 0 Å². The number of amides is 1. The van der Waals surface area contributed by atoms with E-state index in [1.165, 1.54) is 31.3 Å². The lowest BCUT2D eigenvalue weighted by atomic mass is 10.1. The molecular weight excluding hydrogens is 444 g/mol. The maximum absolute atomic E-state index is 12.6. The standard InChI is InChI=1S/C20H17ClN4O3S2/c1-24(30(27,28)17-8-4-15(21)5-9-17)13-19(26)22-16-6-2-14(3-7-16)18-12-25-10-11-29-20(25)23-18/h2-12H,13H2,1H3,(H,22,26). The maximum Gasteiger partial charge on any atom is 0.243 e. The normalized spacial score (nSPS) is 11.8. The van der Waals surface area contributed by atoms with Gasteiger partial charge in [0.25, 0.3) is 0 Å². The van der Waals surface area contributed by atoms with Crippen LogP contribution >= 0.6 is 22.9 Å². The van der Waals surface area contributed by atoms with Gasteiger partial charge >= 0.3 is 0 Å². The number of carbonyl (C=O) groups is 1. The summed E-state index contributed by atoms with van der Waals surface area (Å²) in [5, 5.41) is 5.12. The Morgan fingerprint density at radius 3 is 2.53 bits per heavy atom. The SMILES string of the molecule is CN(CC(=O)Nc1ccc(-c2cn3ccsc3n2)cc1)S(=O)(=O)c1ccc(Cl)cc1. The highest BCUT2D eigenvalue weighted by molar-refractivity contribution is 7.89. The van der Waals surface area contributed by atoms with E-state index in [1.807, 2.05) is 34.3 Å². The summed E-state index contributed by atoms with van der Waals surface area (Å²) in [6, 6.07) is 13.0. The number of nitrogens with zero attached hydrogens (tertiary/aromatic N) is 3. The molecule has 7 nitrogen and oxygen atoms in total. The van der Waals surface area contributed by atoms with E-state index in [-0.39, 0.29) is 11.4 Å². The zero-order chi connectivity index (χ0) is 21.3. The van der Waals surface area contributed by atoms with Crippen LogP contribution in [0.25, 0.3) is 16.2 Å². The minimum Gasteiger partial charge on any atom is -0.325 e. The van der Waals surface area contributed by atoms with Crippen molar-refractivity contribution in [2.75, 3.05) is 18.9 Å². The van der Waals surface area contributed by atoms with Crippen LogP contribution in [0.15, 0.2) is 71.2 Å². The fourth-order valence-electron chi connectivity index (χ4n) is 2.87. The van der Waals surface area contributed by atoms with Gasteiger partial charge < -0.3 is 5.32 Å². The van der Waals surface area contributed by atoms with Crippen LogP contribution < -0.4 is 5.32 Å². The second-order valence-corrected chi connectivity index (χ2v) is 9.91. The molecule has 154 valence electrons. The van der Waals surface area contributed by atoms with Gasteiger partial charge in [-0.25, -0.2) is 13.4 Å². The minimum atomic E-state index is -3.79. The van der Waals surface area contributed by atoms with Crippen LogP contribution in [0.4, 0.5) is 5.69 Å². The third-order valence-corrected chi connectivity index (χ3v) is 7.29. The van der Waals surface area contributed by atoms with E-state index < -0.39 is 15.9 Å². The largest absolute Gasteiger partial charge is 0.325 e. The van der Waals surface area contributed by atoms with Crippen molar-refractivity contribution in [3.63, 3.8) is 0 Å². The van der Waals surface area contributed by atoms with Gasteiger partial charge in [0.2, 0.25) is 15.9 Å². The Balaban J connectivity index is 1.41. The molecule has 1 N–H and O–H groups in total. The summed E-state index contributed by atoms with van der Waals surface area (Å²) in [7, 11) is -2.43. The Bertz CT molecular complexity index is 1270. The predicted molar refractivity (Wildman–Crippen MR) is 118 cm³/mol. The molecule has 0 spiro atoms. The molecule has 4 rings (SSSR count). The van der Waals surface area contributed by atoms with Gasteiger partial charge in [0, 0.05) is 41.1 Å². The molecule has 0 unspecified atom stereocenters. The van der Waals surface area contributed by atoms with Crippen molar-refractivity contribution in [3.8, 4) is 11.3 Å². The zero-order valence-electron chi connectivity index (χ0n) is 15.8. The number of thiazole rings is 1. The number of benzene rings is 2. The van der Waals surface area contributed by atoms with Gasteiger partial charge in [-0.2, -0.15) is 4.31 Å². The third-order valence-electron chi connectivity index (χ3n) is 4.45. The average Bonchev–Trinajstić information content (AvgIpc) is 3.31. The quantitative estimate of drug-likeness (QED) is 0.471. The minimum absolute atomic E-state index is 0.0755. The van der Waals surface area contributed by atoms with E-state index in [1.54, 1.807) is 23.5 Å². The molecule has 0 saturated carbocycles. The second-order valence-electron chi connectivity index (χ2n) is 6.56. The summed E-state index contributed by atoms with van der Waals surface area (Å²) in [4.78, 5) is 17.9. The number of anilines is 1. The van der Waals surface area contributed by atoms with Crippen molar-refractivity contribution in [1.29, 1.82) is 0 Å². The Hall–Kier alpha value is -2.72. The molecule has 2 aromatic carbocycles. The van der Waals surface area contributed by atoms with E-state index in [4.69, 9.17) is 11.6 Å². The highest BCUT2D eigenvalue weighted by Gasteiger charge is 2.23. The first kappa shape index (κ1) is 20.5. The Labute approximate surface area is 182 Å². The van der Waals surface area contributed by atoms with E-state index in [2.05, 4.69) is 10.3 Å². The first-order chi connectivity index (χ1) is 14.3. The van der Waals surface area contributed by atoms with Gasteiger partial charge in [-0.05, 0) is 36.4 Å². The molecule has 2 heterocycles. The molecule has 0 radical (unpaired) electrons. The molecular formula is C20H17ClN4O3S2. The van der Waals surface area contributed by atoms with Crippen molar-refractivity contribution >= 4 is 49.5 Å². The fourth-order valence-corrected chi connectivity index (χ4v) is 4.82. The second kappa shape index (κ2) is 8.19. The molecule has 0 atom stereocenters. The van der Waals surface area contributed by atoms with Crippen LogP contribution in [-0.2, 0) is 14.8 Å². The number of aromatic nitrogens is 2. The first-order valence-corrected chi connectivity index (χ1v) is 11.6. The van der Waals surface area contributed by atoms with Crippen molar-refractivity contribution in [3.05, 3.63) is 71.3 Å². The van der Waals surface area contributed by atoms with E-state index >= 15 is 0 Å². The Morgan fingerprint density at radius 2 is 1.87 bits per heavy atom. The van der Waals surface area contributed by atoms with Gasteiger partial charge in [-0.15, -0.1) is 11.3 Å². The van der Waals surface area contributed by atoms with Gasteiger partial charge in [-0.1, -0.05) is 23.7 Å². The first-order valence-electron chi connectivity index (χ1n) is 8.87. The van der Waals surface area contributed by atoms with Crippen LogP contribution in [0.1, 0.15) is 0 Å². The smallest absolute Gasteiger partial charge is 0.243 e. The number of nitrogens with one attached hydrogen (secondary N) is 1. The Kier molecular flexibility index (Phi) is 5.61. The van der Waals surface area contributed by atoms with Gasteiger partial charge in [0.1, 0.15) is 0 Å². The summed E-state index contributed by atoms with van der Waals surface area (Å²) in [5.74, 6) is -0.440.